The van der Waals surface area contributed by atoms with E-state index in [0.717, 1.165) is 6.42 Å². The highest BCUT2D eigenvalue weighted by Gasteiger charge is 2.45. The molecule has 1 heterocycles. The first-order valence-electron chi connectivity index (χ1n) is 5.51. The van der Waals surface area contributed by atoms with Crippen molar-refractivity contribution in [3.8, 4) is 0 Å². The summed E-state index contributed by atoms with van der Waals surface area (Å²) in [6.07, 6.45) is 7.57. The Morgan fingerprint density at radius 3 is 2.64 bits per heavy atom. The van der Waals surface area contributed by atoms with E-state index >= 15 is 0 Å². The third kappa shape index (κ3) is 2.08. The summed E-state index contributed by atoms with van der Waals surface area (Å²) in [5, 5.41) is 0. The second-order valence-electron chi connectivity index (χ2n) is 4.49. The first kappa shape index (κ1) is 9.97. The first-order valence-corrected chi connectivity index (χ1v) is 5.51. The minimum Gasteiger partial charge on any atom is -0.463 e. The summed E-state index contributed by atoms with van der Waals surface area (Å²) in [4.78, 5) is 10.6. The molecule has 0 radical (unpaired) electrons. The van der Waals surface area contributed by atoms with E-state index in [0.29, 0.717) is 6.61 Å². The molecule has 1 aliphatic heterocycles. The standard InChI is InChI=1S/C11H18O3/c1-9(12)13-8-10-7-11(14-10)5-3-2-4-6-11/h10H,2-8H2,1H3. The molecule has 0 aromatic rings. The lowest BCUT2D eigenvalue weighted by Gasteiger charge is -2.49. The maximum absolute atomic E-state index is 10.6. The molecule has 0 bridgehead atoms. The lowest BCUT2D eigenvalue weighted by molar-refractivity contribution is -0.234. The minimum atomic E-state index is -0.210. The minimum absolute atomic E-state index is 0.164. The molecule has 2 rings (SSSR count). The van der Waals surface area contributed by atoms with Crippen molar-refractivity contribution in [3.63, 3.8) is 0 Å². The van der Waals surface area contributed by atoms with E-state index < -0.39 is 0 Å². The molecule has 14 heavy (non-hydrogen) atoms. The van der Waals surface area contributed by atoms with E-state index in [4.69, 9.17) is 9.47 Å². The SMILES string of the molecule is CC(=O)OCC1CC2(CCCCC2)O1. The van der Waals surface area contributed by atoms with Gasteiger partial charge in [0, 0.05) is 13.3 Å². The number of ether oxygens (including phenoxy) is 2. The molecule has 1 saturated heterocycles. The van der Waals surface area contributed by atoms with Crippen molar-refractivity contribution < 1.29 is 14.3 Å². The average molecular weight is 198 g/mol. The van der Waals surface area contributed by atoms with Crippen LogP contribution in [0.15, 0.2) is 0 Å². The van der Waals surface area contributed by atoms with Crippen molar-refractivity contribution in [2.75, 3.05) is 6.61 Å². The monoisotopic (exact) mass is 198 g/mol. The smallest absolute Gasteiger partial charge is 0.302 e. The van der Waals surface area contributed by atoms with E-state index in [1.807, 2.05) is 0 Å². The van der Waals surface area contributed by atoms with E-state index in [1.54, 1.807) is 0 Å². The molecule has 3 nitrogen and oxygen atoms in total. The zero-order valence-corrected chi connectivity index (χ0v) is 8.75. The van der Waals surface area contributed by atoms with Gasteiger partial charge in [0.25, 0.3) is 0 Å². The molecule has 2 aliphatic rings. The molecule has 1 spiro atoms. The Balaban J connectivity index is 1.70. The molecule has 80 valence electrons. The van der Waals surface area contributed by atoms with Crippen molar-refractivity contribution in [2.24, 2.45) is 0 Å². The Bertz CT molecular complexity index is 211. The fraction of sp³-hybridized carbons (Fsp3) is 0.909. The summed E-state index contributed by atoms with van der Waals surface area (Å²) in [5.74, 6) is -0.210. The molecule has 1 atom stereocenters. The van der Waals surface area contributed by atoms with Crippen LogP contribution >= 0.6 is 0 Å². The number of rotatable bonds is 2. The molecule has 1 unspecified atom stereocenters. The molecule has 0 amide bonds. The Kier molecular flexibility index (Phi) is 2.77. The van der Waals surface area contributed by atoms with Gasteiger partial charge in [0.1, 0.15) is 6.61 Å². The van der Waals surface area contributed by atoms with Crippen LogP contribution in [-0.4, -0.2) is 24.3 Å². The second kappa shape index (κ2) is 3.89. The fourth-order valence-corrected chi connectivity index (χ4v) is 2.58. The van der Waals surface area contributed by atoms with Crippen LogP contribution in [0.1, 0.15) is 45.4 Å². The Labute approximate surface area is 84.8 Å². The van der Waals surface area contributed by atoms with Crippen molar-refractivity contribution >= 4 is 5.97 Å². The summed E-state index contributed by atoms with van der Waals surface area (Å²) in [5.41, 5.74) is 0.170. The van der Waals surface area contributed by atoms with Gasteiger partial charge in [-0.2, -0.15) is 0 Å². The van der Waals surface area contributed by atoms with E-state index in [2.05, 4.69) is 0 Å². The van der Waals surface area contributed by atoms with Crippen molar-refractivity contribution in [1.82, 2.24) is 0 Å². The molecule has 1 aliphatic carbocycles. The van der Waals surface area contributed by atoms with Gasteiger partial charge in [-0.1, -0.05) is 19.3 Å². The predicted octanol–water partition coefficient (Wildman–Crippen LogP) is 2.04. The van der Waals surface area contributed by atoms with Crippen LogP contribution in [0, 0.1) is 0 Å². The maximum atomic E-state index is 10.6. The summed E-state index contributed by atoms with van der Waals surface area (Å²) in [6.45, 7) is 1.88. The molecular formula is C11H18O3. The number of hydrogen-bond donors (Lipinski definition) is 0. The highest BCUT2D eigenvalue weighted by molar-refractivity contribution is 5.65. The van der Waals surface area contributed by atoms with Crippen LogP contribution in [0.2, 0.25) is 0 Å². The van der Waals surface area contributed by atoms with Gasteiger partial charge < -0.3 is 9.47 Å². The number of carbonyl (C=O) groups is 1. The van der Waals surface area contributed by atoms with Gasteiger partial charge in [-0.3, -0.25) is 4.79 Å². The summed E-state index contributed by atoms with van der Waals surface area (Å²) in [7, 11) is 0. The van der Waals surface area contributed by atoms with Crippen LogP contribution in [0.3, 0.4) is 0 Å². The lowest BCUT2D eigenvalue weighted by Crippen LogP contribution is -2.53. The maximum Gasteiger partial charge on any atom is 0.302 e. The Morgan fingerprint density at radius 1 is 1.43 bits per heavy atom. The zero-order valence-electron chi connectivity index (χ0n) is 8.75. The van der Waals surface area contributed by atoms with Gasteiger partial charge in [-0.25, -0.2) is 0 Å². The van der Waals surface area contributed by atoms with E-state index in [1.165, 1.54) is 39.0 Å². The van der Waals surface area contributed by atoms with Crippen LogP contribution in [0.4, 0.5) is 0 Å². The van der Waals surface area contributed by atoms with Crippen LogP contribution in [0.25, 0.3) is 0 Å². The third-order valence-corrected chi connectivity index (χ3v) is 3.25. The molecule has 1 saturated carbocycles. The Morgan fingerprint density at radius 2 is 2.07 bits per heavy atom. The zero-order chi connectivity index (χ0) is 10.0. The van der Waals surface area contributed by atoms with Gasteiger partial charge in [0.15, 0.2) is 0 Å². The highest BCUT2D eigenvalue weighted by Crippen LogP contribution is 2.44. The third-order valence-electron chi connectivity index (χ3n) is 3.25. The van der Waals surface area contributed by atoms with Gasteiger partial charge in [-0.15, -0.1) is 0 Å². The molecule has 3 heteroatoms. The second-order valence-corrected chi connectivity index (χ2v) is 4.49. The Hall–Kier alpha value is -0.570. The molecule has 0 N–H and O–H groups in total. The largest absolute Gasteiger partial charge is 0.463 e. The van der Waals surface area contributed by atoms with Crippen molar-refractivity contribution in [1.29, 1.82) is 0 Å². The fourth-order valence-electron chi connectivity index (χ4n) is 2.58. The number of hydrogen-bond acceptors (Lipinski definition) is 3. The number of esters is 1. The van der Waals surface area contributed by atoms with Gasteiger partial charge in [-0.05, 0) is 12.8 Å². The van der Waals surface area contributed by atoms with Crippen LogP contribution < -0.4 is 0 Å². The molecule has 2 fully saturated rings. The predicted molar refractivity (Wildman–Crippen MR) is 51.9 cm³/mol. The quantitative estimate of drug-likeness (QED) is 0.637. The molecule has 0 aromatic heterocycles. The normalized spacial score (nSPS) is 29.6. The number of carbonyl (C=O) groups excluding carboxylic acids is 1. The van der Waals surface area contributed by atoms with Gasteiger partial charge in [0.05, 0.1) is 11.7 Å². The topological polar surface area (TPSA) is 35.5 Å². The average Bonchev–Trinajstić information content (AvgIpc) is 2.12. The molecular weight excluding hydrogens is 180 g/mol. The highest BCUT2D eigenvalue weighted by atomic mass is 16.6. The van der Waals surface area contributed by atoms with Gasteiger partial charge >= 0.3 is 5.97 Å². The van der Waals surface area contributed by atoms with Crippen LogP contribution in [0.5, 0.6) is 0 Å². The van der Waals surface area contributed by atoms with Crippen molar-refractivity contribution in [3.05, 3.63) is 0 Å². The van der Waals surface area contributed by atoms with E-state index in [-0.39, 0.29) is 17.7 Å². The lowest BCUT2D eigenvalue weighted by atomic mass is 9.77. The summed E-state index contributed by atoms with van der Waals surface area (Å²) >= 11 is 0. The molecule has 0 aromatic carbocycles. The van der Waals surface area contributed by atoms with E-state index in [9.17, 15) is 4.79 Å². The summed E-state index contributed by atoms with van der Waals surface area (Å²) in [6, 6.07) is 0. The van der Waals surface area contributed by atoms with Crippen molar-refractivity contribution in [2.45, 2.75) is 57.2 Å². The van der Waals surface area contributed by atoms with Gasteiger partial charge in [0.2, 0.25) is 0 Å². The van der Waals surface area contributed by atoms with Crippen LogP contribution in [-0.2, 0) is 14.3 Å². The summed E-state index contributed by atoms with van der Waals surface area (Å²) < 4.78 is 10.8. The first-order chi connectivity index (χ1) is 6.70.